The first kappa shape index (κ1) is 8.77. The second-order valence-electron chi connectivity index (χ2n) is 2.34. The number of aromatic nitrogens is 1. The van der Waals surface area contributed by atoms with Crippen LogP contribution in [-0.4, -0.2) is 17.6 Å². The lowest BCUT2D eigenvalue weighted by molar-refractivity contribution is -0.142. The molecule has 1 rings (SSSR count). The first-order valence-electron chi connectivity index (χ1n) is 3.79. The third-order valence-electron chi connectivity index (χ3n) is 1.30. The molecule has 0 aliphatic heterocycles. The fourth-order valence-corrected chi connectivity index (χ4v) is 0.849. The zero-order valence-electron chi connectivity index (χ0n) is 7.16. The predicted molar refractivity (Wildman–Crippen MR) is 41.6 cm³/mol. The molecule has 0 N–H and O–H groups in total. The molecule has 4 heteroatoms. The zero-order chi connectivity index (χ0) is 8.97. The number of rotatable bonds is 3. The van der Waals surface area contributed by atoms with Crippen LogP contribution in [0.2, 0.25) is 0 Å². The summed E-state index contributed by atoms with van der Waals surface area (Å²) in [6.07, 6.45) is 1.65. The summed E-state index contributed by atoms with van der Waals surface area (Å²) in [5, 5.41) is 0. The van der Waals surface area contributed by atoms with Crippen molar-refractivity contribution >= 4 is 5.97 Å². The van der Waals surface area contributed by atoms with E-state index in [4.69, 9.17) is 9.15 Å². The van der Waals surface area contributed by atoms with Gasteiger partial charge in [0.05, 0.1) is 18.7 Å². The zero-order valence-corrected chi connectivity index (χ0v) is 7.16. The molecule has 0 aliphatic carbocycles. The summed E-state index contributed by atoms with van der Waals surface area (Å²) in [5.41, 5.74) is 0.617. The van der Waals surface area contributed by atoms with Crippen LogP contribution in [0.4, 0.5) is 0 Å². The average Bonchev–Trinajstić information content (AvgIpc) is 2.36. The van der Waals surface area contributed by atoms with Crippen molar-refractivity contribution in [3.8, 4) is 0 Å². The van der Waals surface area contributed by atoms with E-state index >= 15 is 0 Å². The van der Waals surface area contributed by atoms with Crippen LogP contribution in [0.1, 0.15) is 18.5 Å². The maximum atomic E-state index is 10.9. The standard InChI is InChI=1S/C8H11NO3/c1-3-11-8(10)4-7-5-12-6(2)9-7/h5H,3-4H2,1-2H3. The van der Waals surface area contributed by atoms with Gasteiger partial charge in [0.25, 0.3) is 0 Å². The monoisotopic (exact) mass is 169 g/mol. The fraction of sp³-hybridized carbons (Fsp3) is 0.500. The van der Waals surface area contributed by atoms with Crippen molar-refractivity contribution in [1.82, 2.24) is 4.98 Å². The van der Waals surface area contributed by atoms with Crippen LogP contribution >= 0.6 is 0 Å². The minimum atomic E-state index is -0.272. The van der Waals surface area contributed by atoms with Crippen molar-refractivity contribution in [2.24, 2.45) is 0 Å². The second-order valence-corrected chi connectivity index (χ2v) is 2.34. The highest BCUT2D eigenvalue weighted by Crippen LogP contribution is 2.01. The molecule has 1 aromatic heterocycles. The van der Waals surface area contributed by atoms with E-state index in [1.165, 1.54) is 6.26 Å². The smallest absolute Gasteiger partial charge is 0.311 e. The topological polar surface area (TPSA) is 52.3 Å². The normalized spacial score (nSPS) is 9.83. The Morgan fingerprint density at radius 2 is 2.50 bits per heavy atom. The number of aryl methyl sites for hydroxylation is 1. The van der Waals surface area contributed by atoms with Crippen molar-refractivity contribution in [3.63, 3.8) is 0 Å². The van der Waals surface area contributed by atoms with Gasteiger partial charge in [0.2, 0.25) is 0 Å². The van der Waals surface area contributed by atoms with Gasteiger partial charge in [-0.25, -0.2) is 4.98 Å². The minimum absolute atomic E-state index is 0.186. The molecular formula is C8H11NO3. The van der Waals surface area contributed by atoms with Crippen molar-refractivity contribution in [2.75, 3.05) is 6.61 Å². The van der Waals surface area contributed by atoms with Gasteiger partial charge in [-0.05, 0) is 6.92 Å². The van der Waals surface area contributed by atoms with Gasteiger partial charge in [0.1, 0.15) is 6.26 Å². The second kappa shape index (κ2) is 3.90. The van der Waals surface area contributed by atoms with Gasteiger partial charge in [0, 0.05) is 6.92 Å². The Kier molecular flexibility index (Phi) is 2.85. The van der Waals surface area contributed by atoms with E-state index in [1.807, 2.05) is 0 Å². The summed E-state index contributed by atoms with van der Waals surface area (Å²) in [4.78, 5) is 14.9. The van der Waals surface area contributed by atoms with Gasteiger partial charge in [-0.15, -0.1) is 0 Å². The highest BCUT2D eigenvalue weighted by molar-refractivity contribution is 5.71. The Labute approximate surface area is 70.5 Å². The summed E-state index contributed by atoms with van der Waals surface area (Å²) in [5.74, 6) is 0.292. The van der Waals surface area contributed by atoms with Crippen LogP contribution in [0.25, 0.3) is 0 Å². The van der Waals surface area contributed by atoms with Gasteiger partial charge in [-0.2, -0.15) is 0 Å². The van der Waals surface area contributed by atoms with E-state index in [9.17, 15) is 4.79 Å². The van der Waals surface area contributed by atoms with Crippen LogP contribution in [0.5, 0.6) is 0 Å². The number of carbonyl (C=O) groups excluding carboxylic acids is 1. The number of nitrogens with zero attached hydrogens (tertiary/aromatic N) is 1. The van der Waals surface area contributed by atoms with Crippen molar-refractivity contribution in [2.45, 2.75) is 20.3 Å². The lowest BCUT2D eigenvalue weighted by Gasteiger charge is -1.96. The SMILES string of the molecule is CCOC(=O)Cc1coc(C)n1. The molecule has 0 aromatic carbocycles. The molecule has 0 aliphatic rings. The molecular weight excluding hydrogens is 158 g/mol. The van der Waals surface area contributed by atoms with Gasteiger partial charge >= 0.3 is 5.97 Å². The number of carbonyl (C=O) groups is 1. The van der Waals surface area contributed by atoms with E-state index in [-0.39, 0.29) is 12.4 Å². The quantitative estimate of drug-likeness (QED) is 0.635. The first-order chi connectivity index (χ1) is 5.72. The molecule has 12 heavy (non-hydrogen) atoms. The van der Waals surface area contributed by atoms with Crippen molar-refractivity contribution in [3.05, 3.63) is 17.8 Å². The molecule has 0 bridgehead atoms. The number of hydrogen-bond acceptors (Lipinski definition) is 4. The molecule has 0 radical (unpaired) electrons. The number of oxazole rings is 1. The molecule has 1 aromatic rings. The Hall–Kier alpha value is -1.32. The van der Waals surface area contributed by atoms with E-state index in [0.717, 1.165) is 0 Å². The summed E-state index contributed by atoms with van der Waals surface area (Å²) in [6, 6.07) is 0. The Balaban J connectivity index is 2.46. The molecule has 0 saturated heterocycles. The van der Waals surface area contributed by atoms with E-state index in [1.54, 1.807) is 13.8 Å². The molecule has 0 fully saturated rings. The molecule has 0 spiro atoms. The highest BCUT2D eigenvalue weighted by Gasteiger charge is 2.06. The molecule has 0 saturated carbocycles. The Morgan fingerprint density at radius 1 is 1.75 bits per heavy atom. The molecule has 1 heterocycles. The number of ether oxygens (including phenoxy) is 1. The van der Waals surface area contributed by atoms with Crippen LogP contribution in [-0.2, 0) is 16.0 Å². The van der Waals surface area contributed by atoms with Crippen LogP contribution < -0.4 is 0 Å². The van der Waals surface area contributed by atoms with Gasteiger partial charge in [-0.1, -0.05) is 0 Å². The van der Waals surface area contributed by atoms with Crippen LogP contribution in [0.3, 0.4) is 0 Å². The summed E-state index contributed by atoms with van der Waals surface area (Å²) in [6.45, 7) is 3.90. The lowest BCUT2D eigenvalue weighted by Crippen LogP contribution is -2.07. The lowest BCUT2D eigenvalue weighted by atomic mass is 10.3. The van der Waals surface area contributed by atoms with Gasteiger partial charge in [0.15, 0.2) is 5.89 Å². The molecule has 0 atom stereocenters. The van der Waals surface area contributed by atoms with Crippen molar-refractivity contribution in [1.29, 1.82) is 0 Å². The third-order valence-corrected chi connectivity index (χ3v) is 1.30. The Bertz CT molecular complexity index is 267. The maximum Gasteiger partial charge on any atom is 0.311 e. The molecule has 66 valence electrons. The molecule has 0 unspecified atom stereocenters. The number of esters is 1. The summed E-state index contributed by atoms with van der Waals surface area (Å²) in [7, 11) is 0. The third kappa shape index (κ3) is 2.38. The summed E-state index contributed by atoms with van der Waals surface area (Å²) < 4.78 is 9.66. The molecule has 4 nitrogen and oxygen atoms in total. The minimum Gasteiger partial charge on any atom is -0.466 e. The largest absolute Gasteiger partial charge is 0.466 e. The van der Waals surface area contributed by atoms with Gasteiger partial charge < -0.3 is 9.15 Å². The van der Waals surface area contributed by atoms with Crippen LogP contribution in [0, 0.1) is 6.92 Å². The maximum absolute atomic E-state index is 10.9. The summed E-state index contributed by atoms with van der Waals surface area (Å²) >= 11 is 0. The van der Waals surface area contributed by atoms with E-state index in [2.05, 4.69) is 4.98 Å². The number of hydrogen-bond donors (Lipinski definition) is 0. The van der Waals surface area contributed by atoms with E-state index in [0.29, 0.717) is 18.2 Å². The Morgan fingerprint density at radius 3 is 3.00 bits per heavy atom. The van der Waals surface area contributed by atoms with Crippen molar-refractivity contribution < 1.29 is 13.9 Å². The average molecular weight is 169 g/mol. The van der Waals surface area contributed by atoms with Gasteiger partial charge in [-0.3, -0.25) is 4.79 Å². The first-order valence-corrected chi connectivity index (χ1v) is 3.79. The highest BCUT2D eigenvalue weighted by atomic mass is 16.5. The van der Waals surface area contributed by atoms with Crippen LogP contribution in [0.15, 0.2) is 10.7 Å². The fourth-order valence-electron chi connectivity index (χ4n) is 0.849. The molecule has 0 amide bonds. The predicted octanol–water partition coefficient (Wildman–Crippen LogP) is 1.09. The van der Waals surface area contributed by atoms with E-state index < -0.39 is 0 Å².